The molecule has 6 heteroatoms. The summed E-state index contributed by atoms with van der Waals surface area (Å²) in [5.41, 5.74) is -1.11. The minimum Gasteiger partial charge on any atom is -0.268 e. The second-order valence-corrected chi connectivity index (χ2v) is 2.85. The van der Waals surface area contributed by atoms with Crippen LogP contribution >= 0.6 is 15.9 Å². The second kappa shape index (κ2) is 2.93. The SMILES string of the molecule is O=c1c(Br)cccn1C(F)(F)F. The molecule has 0 saturated heterocycles. The van der Waals surface area contributed by atoms with Gasteiger partial charge in [-0.3, -0.25) is 4.79 Å². The molecule has 0 saturated carbocycles. The summed E-state index contributed by atoms with van der Waals surface area (Å²) in [7, 11) is 0. The van der Waals surface area contributed by atoms with Gasteiger partial charge in [0, 0.05) is 6.20 Å². The fourth-order valence-electron chi connectivity index (χ4n) is 0.667. The van der Waals surface area contributed by atoms with Crippen LogP contribution in [-0.4, -0.2) is 4.57 Å². The monoisotopic (exact) mass is 241 g/mol. The highest BCUT2D eigenvalue weighted by molar-refractivity contribution is 9.10. The van der Waals surface area contributed by atoms with Crippen LogP contribution in [0.25, 0.3) is 0 Å². The molecule has 1 heterocycles. The maximum atomic E-state index is 12.0. The van der Waals surface area contributed by atoms with Gasteiger partial charge in [0.15, 0.2) is 0 Å². The van der Waals surface area contributed by atoms with Crippen molar-refractivity contribution in [3.05, 3.63) is 33.2 Å². The summed E-state index contributed by atoms with van der Waals surface area (Å²) in [5.74, 6) is 0. The minimum absolute atomic E-state index is 0.109. The summed E-state index contributed by atoms with van der Waals surface area (Å²) >= 11 is 2.71. The van der Waals surface area contributed by atoms with E-state index >= 15 is 0 Å². The lowest BCUT2D eigenvalue weighted by molar-refractivity contribution is -0.206. The van der Waals surface area contributed by atoms with E-state index in [1.54, 1.807) is 0 Å². The molecule has 0 radical (unpaired) electrons. The first kappa shape index (κ1) is 9.31. The molecule has 2 nitrogen and oxygen atoms in total. The smallest absolute Gasteiger partial charge is 0.268 e. The van der Waals surface area contributed by atoms with E-state index in [2.05, 4.69) is 15.9 Å². The van der Waals surface area contributed by atoms with Crippen LogP contribution in [0.15, 0.2) is 27.6 Å². The molecule has 0 N–H and O–H groups in total. The van der Waals surface area contributed by atoms with Crippen LogP contribution in [0.5, 0.6) is 0 Å². The van der Waals surface area contributed by atoms with Crippen LogP contribution in [0, 0.1) is 0 Å². The fraction of sp³-hybridized carbons (Fsp3) is 0.167. The van der Waals surface area contributed by atoms with E-state index in [1.165, 1.54) is 6.07 Å². The summed E-state index contributed by atoms with van der Waals surface area (Å²) in [5, 5.41) is 0. The van der Waals surface area contributed by atoms with Crippen molar-refractivity contribution < 1.29 is 13.2 Å². The van der Waals surface area contributed by atoms with E-state index in [9.17, 15) is 18.0 Å². The molecular formula is C6H3BrF3NO. The number of halogens is 4. The van der Waals surface area contributed by atoms with Crippen molar-refractivity contribution in [2.24, 2.45) is 0 Å². The molecule has 0 spiro atoms. The van der Waals surface area contributed by atoms with Crippen LogP contribution in [0.4, 0.5) is 13.2 Å². The van der Waals surface area contributed by atoms with Gasteiger partial charge in [-0.1, -0.05) is 0 Å². The van der Waals surface area contributed by atoms with Gasteiger partial charge in [-0.25, -0.2) is 4.57 Å². The Balaban J connectivity index is 3.37. The van der Waals surface area contributed by atoms with Crippen molar-refractivity contribution in [1.82, 2.24) is 4.57 Å². The van der Waals surface area contributed by atoms with E-state index in [0.717, 1.165) is 6.07 Å². The van der Waals surface area contributed by atoms with Crippen LogP contribution in [0.1, 0.15) is 0 Å². The summed E-state index contributed by atoms with van der Waals surface area (Å²) in [6, 6.07) is 2.39. The zero-order valence-electron chi connectivity index (χ0n) is 5.60. The van der Waals surface area contributed by atoms with Gasteiger partial charge in [0.25, 0.3) is 5.56 Å². The summed E-state index contributed by atoms with van der Waals surface area (Å²) in [6.45, 7) is 0. The third-order valence-electron chi connectivity index (χ3n) is 1.17. The Hall–Kier alpha value is -0.780. The Morgan fingerprint density at radius 1 is 1.42 bits per heavy atom. The number of rotatable bonds is 0. The predicted molar refractivity (Wildman–Crippen MR) is 39.7 cm³/mol. The maximum absolute atomic E-state index is 12.0. The Kier molecular flexibility index (Phi) is 2.27. The van der Waals surface area contributed by atoms with Gasteiger partial charge in [-0.05, 0) is 28.1 Å². The lowest BCUT2D eigenvalue weighted by Crippen LogP contribution is -2.30. The number of pyridine rings is 1. The molecule has 0 atom stereocenters. The van der Waals surface area contributed by atoms with Gasteiger partial charge in [0.2, 0.25) is 0 Å². The Morgan fingerprint density at radius 3 is 2.42 bits per heavy atom. The highest BCUT2D eigenvalue weighted by atomic mass is 79.9. The normalized spacial score (nSPS) is 11.7. The van der Waals surface area contributed by atoms with E-state index in [0.29, 0.717) is 6.20 Å². The summed E-state index contributed by atoms with van der Waals surface area (Å²) < 4.78 is 35.5. The van der Waals surface area contributed by atoms with E-state index in [1.807, 2.05) is 0 Å². The van der Waals surface area contributed by atoms with Crippen molar-refractivity contribution in [2.75, 3.05) is 0 Å². The van der Waals surface area contributed by atoms with Gasteiger partial charge in [0.05, 0.1) is 4.47 Å². The molecule has 1 aromatic rings. The number of alkyl halides is 3. The van der Waals surface area contributed by atoms with Crippen molar-refractivity contribution in [2.45, 2.75) is 6.30 Å². The van der Waals surface area contributed by atoms with Crippen molar-refractivity contribution in [1.29, 1.82) is 0 Å². The summed E-state index contributed by atoms with van der Waals surface area (Å²) in [4.78, 5) is 10.8. The lowest BCUT2D eigenvalue weighted by atomic mass is 10.5. The number of nitrogens with zero attached hydrogens (tertiary/aromatic N) is 1. The molecule has 0 amide bonds. The highest BCUT2D eigenvalue weighted by Gasteiger charge is 2.31. The van der Waals surface area contributed by atoms with Crippen molar-refractivity contribution >= 4 is 15.9 Å². The van der Waals surface area contributed by atoms with Crippen LogP contribution in [0.3, 0.4) is 0 Å². The highest BCUT2D eigenvalue weighted by Crippen LogP contribution is 2.20. The quantitative estimate of drug-likeness (QED) is 0.682. The van der Waals surface area contributed by atoms with Gasteiger partial charge in [-0.2, -0.15) is 0 Å². The van der Waals surface area contributed by atoms with Gasteiger partial charge in [0.1, 0.15) is 0 Å². The predicted octanol–water partition coefficient (Wildman–Crippen LogP) is 2.09. The van der Waals surface area contributed by atoms with Crippen molar-refractivity contribution in [3.8, 4) is 0 Å². The molecule has 0 fully saturated rings. The molecule has 0 unspecified atom stereocenters. The fourth-order valence-corrected chi connectivity index (χ4v) is 1.01. The maximum Gasteiger partial charge on any atom is 0.491 e. The van der Waals surface area contributed by atoms with Crippen molar-refractivity contribution in [3.63, 3.8) is 0 Å². The molecule has 66 valence electrons. The zero-order chi connectivity index (χ0) is 9.35. The molecule has 1 aromatic heterocycles. The lowest BCUT2D eigenvalue weighted by Gasteiger charge is -2.08. The van der Waals surface area contributed by atoms with E-state index in [-0.39, 0.29) is 9.04 Å². The first-order valence-electron chi connectivity index (χ1n) is 2.87. The van der Waals surface area contributed by atoms with Gasteiger partial charge >= 0.3 is 6.30 Å². The molecule has 1 rings (SSSR count). The molecule has 0 aromatic carbocycles. The number of aromatic nitrogens is 1. The molecular weight excluding hydrogens is 239 g/mol. The van der Waals surface area contributed by atoms with E-state index < -0.39 is 11.9 Å². The molecule has 0 aliphatic rings. The average molecular weight is 242 g/mol. The van der Waals surface area contributed by atoms with E-state index in [4.69, 9.17) is 0 Å². The molecule has 0 aliphatic heterocycles. The van der Waals surface area contributed by atoms with Crippen LogP contribution in [0.2, 0.25) is 0 Å². The second-order valence-electron chi connectivity index (χ2n) is 2.00. The summed E-state index contributed by atoms with van der Waals surface area (Å²) in [6.07, 6.45) is -3.98. The minimum atomic E-state index is -4.65. The average Bonchev–Trinajstić information content (AvgIpc) is 1.92. The number of hydrogen-bond acceptors (Lipinski definition) is 1. The van der Waals surface area contributed by atoms with Gasteiger partial charge < -0.3 is 0 Å². The first-order chi connectivity index (χ1) is 5.43. The van der Waals surface area contributed by atoms with Gasteiger partial charge in [-0.15, -0.1) is 13.2 Å². The zero-order valence-corrected chi connectivity index (χ0v) is 7.19. The molecule has 0 aliphatic carbocycles. The van der Waals surface area contributed by atoms with Crippen LogP contribution < -0.4 is 5.56 Å². The molecule has 0 bridgehead atoms. The molecule has 12 heavy (non-hydrogen) atoms. The Morgan fingerprint density at radius 2 is 2.00 bits per heavy atom. The third-order valence-corrected chi connectivity index (χ3v) is 1.78. The Labute approximate surface area is 73.8 Å². The Bertz CT molecular complexity index is 343. The topological polar surface area (TPSA) is 22.0 Å². The third kappa shape index (κ3) is 1.69. The largest absolute Gasteiger partial charge is 0.491 e. The number of hydrogen-bond donors (Lipinski definition) is 0. The van der Waals surface area contributed by atoms with Crippen LogP contribution in [-0.2, 0) is 6.30 Å². The standard InChI is InChI=1S/C6H3BrF3NO/c7-4-2-1-3-11(5(4)12)6(8,9)10/h1-3H. The first-order valence-corrected chi connectivity index (χ1v) is 3.66.